The summed E-state index contributed by atoms with van der Waals surface area (Å²) in [5.41, 5.74) is 5.16. The summed E-state index contributed by atoms with van der Waals surface area (Å²) in [6.45, 7) is 3.91. The Morgan fingerprint density at radius 2 is 1.81 bits per heavy atom. The Balaban J connectivity index is 0.929. The number of piperidine rings is 1. The maximum absolute atomic E-state index is 12.9. The fourth-order valence-corrected chi connectivity index (χ4v) is 5.97. The summed E-state index contributed by atoms with van der Waals surface area (Å²) >= 11 is 0. The van der Waals surface area contributed by atoms with E-state index in [4.69, 9.17) is 14.4 Å². The number of nitrogens with zero attached hydrogens (tertiary/aromatic N) is 2. The fourth-order valence-electron chi connectivity index (χ4n) is 5.97. The summed E-state index contributed by atoms with van der Waals surface area (Å²) in [5.74, 6) is 0.524. The summed E-state index contributed by atoms with van der Waals surface area (Å²) in [6, 6.07) is 12.9. The molecule has 1 atom stereocenters. The van der Waals surface area contributed by atoms with Gasteiger partial charge in [-0.15, -0.1) is 0 Å². The Bertz CT molecular complexity index is 1260. The second kappa shape index (κ2) is 15.3. The Kier molecular flexibility index (Phi) is 11.0. The van der Waals surface area contributed by atoms with Crippen molar-refractivity contribution in [3.05, 3.63) is 59.2 Å². The average Bonchev–Trinajstić information content (AvgIpc) is 3.39. The standard InChI is InChI=1S/C32H43N5O6/c1-41-25-10-7-9-23(21-25)31(39)33-24-14-18-36(19-15-24)17-6-4-2-3-5-13-29(38)34-28-12-8-11-26-27(28)22-37(32(26)40)30-16-20-42-35-43-30/h7-12,21,24,30,35H,2-6,13-20,22H2,1H3,(H,33,39)(H,34,38). The lowest BCUT2D eigenvalue weighted by Crippen LogP contribution is -2.45. The first-order valence-corrected chi connectivity index (χ1v) is 15.4. The van der Waals surface area contributed by atoms with E-state index in [0.717, 1.165) is 70.1 Å². The van der Waals surface area contributed by atoms with E-state index in [1.165, 1.54) is 0 Å². The van der Waals surface area contributed by atoms with E-state index in [2.05, 4.69) is 21.2 Å². The van der Waals surface area contributed by atoms with Gasteiger partial charge in [-0.25, -0.2) is 0 Å². The van der Waals surface area contributed by atoms with Crippen LogP contribution in [0.1, 0.15) is 84.1 Å². The van der Waals surface area contributed by atoms with Crippen LogP contribution >= 0.6 is 0 Å². The van der Waals surface area contributed by atoms with E-state index >= 15 is 0 Å². The number of fused-ring (bicyclic) bond motifs is 1. The predicted molar refractivity (Wildman–Crippen MR) is 161 cm³/mol. The molecule has 3 heterocycles. The molecule has 2 aromatic carbocycles. The van der Waals surface area contributed by atoms with Crippen molar-refractivity contribution in [2.24, 2.45) is 0 Å². The minimum absolute atomic E-state index is 0.0235. The van der Waals surface area contributed by atoms with E-state index in [1.807, 2.05) is 24.3 Å². The molecule has 3 aliphatic rings. The SMILES string of the molecule is COc1cccc(C(=O)NC2CCN(CCCCCCCC(=O)Nc3cccc4c3CN(C3CCONO3)C4=O)CC2)c1. The van der Waals surface area contributed by atoms with Gasteiger partial charge < -0.3 is 25.2 Å². The summed E-state index contributed by atoms with van der Waals surface area (Å²) in [7, 11) is 1.60. The van der Waals surface area contributed by atoms with Crippen molar-refractivity contribution < 1.29 is 28.8 Å². The number of amides is 3. The van der Waals surface area contributed by atoms with Gasteiger partial charge in [-0.1, -0.05) is 37.0 Å². The highest BCUT2D eigenvalue weighted by molar-refractivity contribution is 6.02. The van der Waals surface area contributed by atoms with E-state index in [-0.39, 0.29) is 23.8 Å². The third-order valence-electron chi connectivity index (χ3n) is 8.46. The molecule has 0 aromatic heterocycles. The van der Waals surface area contributed by atoms with Gasteiger partial charge in [-0.3, -0.25) is 24.1 Å². The van der Waals surface area contributed by atoms with Gasteiger partial charge in [0.25, 0.3) is 11.8 Å². The van der Waals surface area contributed by atoms with Crippen molar-refractivity contribution in [1.29, 1.82) is 0 Å². The maximum Gasteiger partial charge on any atom is 0.256 e. The zero-order valence-electron chi connectivity index (χ0n) is 24.9. The summed E-state index contributed by atoms with van der Waals surface area (Å²) < 4.78 is 5.22. The highest BCUT2D eigenvalue weighted by atomic mass is 16.9. The first kappa shape index (κ1) is 30.9. The smallest absolute Gasteiger partial charge is 0.256 e. The van der Waals surface area contributed by atoms with Crippen LogP contribution < -0.4 is 21.0 Å². The summed E-state index contributed by atoms with van der Waals surface area (Å²) in [5, 5.41) is 6.19. The zero-order valence-corrected chi connectivity index (χ0v) is 24.9. The van der Waals surface area contributed by atoms with Gasteiger partial charge in [0.1, 0.15) is 5.75 Å². The number of nitrogens with one attached hydrogen (secondary N) is 3. The lowest BCUT2D eigenvalue weighted by atomic mass is 10.0. The number of methoxy groups -OCH3 is 1. The molecular weight excluding hydrogens is 550 g/mol. The van der Waals surface area contributed by atoms with Gasteiger partial charge in [-0.2, -0.15) is 0 Å². The van der Waals surface area contributed by atoms with Crippen molar-refractivity contribution in [3.63, 3.8) is 0 Å². The molecule has 0 bridgehead atoms. The number of hydrogen-bond acceptors (Lipinski definition) is 8. The maximum atomic E-state index is 12.9. The van der Waals surface area contributed by atoms with Gasteiger partial charge in [0.05, 0.1) is 20.3 Å². The van der Waals surface area contributed by atoms with Gasteiger partial charge in [0.15, 0.2) is 6.23 Å². The molecule has 5 rings (SSSR count). The Morgan fingerprint density at radius 3 is 2.60 bits per heavy atom. The second-order valence-corrected chi connectivity index (χ2v) is 11.4. The molecule has 3 N–H and O–H groups in total. The van der Waals surface area contributed by atoms with Crippen molar-refractivity contribution in [2.45, 2.75) is 76.6 Å². The van der Waals surface area contributed by atoms with Crippen LogP contribution in [0.5, 0.6) is 5.75 Å². The molecule has 0 spiro atoms. The predicted octanol–water partition coefficient (Wildman–Crippen LogP) is 4.01. The number of benzene rings is 2. The number of unbranched alkanes of at least 4 members (excludes halogenated alkanes) is 4. The average molecular weight is 594 g/mol. The summed E-state index contributed by atoms with van der Waals surface area (Å²) in [6.07, 6.45) is 7.80. The van der Waals surface area contributed by atoms with E-state index in [9.17, 15) is 14.4 Å². The van der Waals surface area contributed by atoms with Gasteiger partial charge in [0.2, 0.25) is 5.91 Å². The molecule has 232 valence electrons. The summed E-state index contributed by atoms with van der Waals surface area (Å²) in [4.78, 5) is 52.7. The molecule has 11 heteroatoms. The van der Waals surface area contributed by atoms with Crippen LogP contribution in [0.3, 0.4) is 0 Å². The number of hydrogen-bond donors (Lipinski definition) is 3. The molecule has 0 radical (unpaired) electrons. The van der Waals surface area contributed by atoms with Crippen molar-refractivity contribution in [3.8, 4) is 5.75 Å². The quantitative estimate of drug-likeness (QED) is 0.298. The number of carbonyl (C=O) groups is 3. The monoisotopic (exact) mass is 593 g/mol. The Hall–Kier alpha value is -3.51. The zero-order chi connectivity index (χ0) is 30.0. The van der Waals surface area contributed by atoms with E-state index in [0.29, 0.717) is 48.6 Å². The molecule has 2 aromatic rings. The van der Waals surface area contributed by atoms with Crippen LogP contribution in [0.15, 0.2) is 42.5 Å². The van der Waals surface area contributed by atoms with Crippen molar-refractivity contribution in [1.82, 2.24) is 20.8 Å². The van der Waals surface area contributed by atoms with Crippen LogP contribution in [0.25, 0.3) is 0 Å². The molecule has 2 fully saturated rings. The van der Waals surface area contributed by atoms with E-state index < -0.39 is 6.23 Å². The lowest BCUT2D eigenvalue weighted by molar-refractivity contribution is -0.266. The molecule has 3 aliphatic heterocycles. The van der Waals surface area contributed by atoms with Gasteiger partial charge >= 0.3 is 0 Å². The van der Waals surface area contributed by atoms with Crippen LogP contribution in [-0.4, -0.2) is 73.1 Å². The molecule has 11 nitrogen and oxygen atoms in total. The number of likely N-dealkylation sites (tertiary alicyclic amines) is 1. The molecule has 3 amide bonds. The lowest BCUT2D eigenvalue weighted by Gasteiger charge is -2.32. The highest BCUT2D eigenvalue weighted by Crippen LogP contribution is 2.32. The third-order valence-corrected chi connectivity index (χ3v) is 8.46. The second-order valence-electron chi connectivity index (χ2n) is 11.4. The minimum atomic E-state index is -0.401. The Labute approximate surface area is 253 Å². The number of ether oxygens (including phenoxy) is 1. The van der Waals surface area contributed by atoms with Crippen LogP contribution in [0.2, 0.25) is 0 Å². The first-order valence-electron chi connectivity index (χ1n) is 15.4. The molecular formula is C32H43N5O6. The highest BCUT2D eigenvalue weighted by Gasteiger charge is 2.36. The van der Waals surface area contributed by atoms with E-state index in [1.54, 1.807) is 30.2 Å². The van der Waals surface area contributed by atoms with Crippen molar-refractivity contribution in [2.75, 3.05) is 38.7 Å². The topological polar surface area (TPSA) is 121 Å². The van der Waals surface area contributed by atoms with Crippen LogP contribution in [-0.2, 0) is 21.0 Å². The Morgan fingerprint density at radius 1 is 1.02 bits per heavy atom. The van der Waals surface area contributed by atoms with Crippen molar-refractivity contribution >= 4 is 23.4 Å². The molecule has 0 saturated carbocycles. The third kappa shape index (κ3) is 8.32. The molecule has 0 aliphatic carbocycles. The largest absolute Gasteiger partial charge is 0.497 e. The van der Waals surface area contributed by atoms with Crippen LogP contribution in [0, 0.1) is 0 Å². The molecule has 1 unspecified atom stereocenters. The van der Waals surface area contributed by atoms with Gasteiger partial charge in [0, 0.05) is 54.4 Å². The fraction of sp³-hybridized carbons (Fsp3) is 0.531. The first-order chi connectivity index (χ1) is 21.0. The van der Waals surface area contributed by atoms with Gasteiger partial charge in [-0.05, 0) is 62.6 Å². The minimum Gasteiger partial charge on any atom is -0.497 e. The number of anilines is 1. The number of rotatable bonds is 13. The number of carbonyl (C=O) groups excluding carboxylic acids is 3. The molecule has 43 heavy (non-hydrogen) atoms. The molecule has 2 saturated heterocycles. The normalized spacial score (nSPS) is 19.2. The van der Waals surface area contributed by atoms with Crippen LogP contribution in [0.4, 0.5) is 5.69 Å².